The van der Waals surface area contributed by atoms with Gasteiger partial charge in [-0.25, -0.2) is 0 Å². The van der Waals surface area contributed by atoms with E-state index >= 15 is 0 Å². The highest BCUT2D eigenvalue weighted by molar-refractivity contribution is 6.46. The van der Waals surface area contributed by atoms with Crippen molar-refractivity contribution in [2.45, 2.75) is 57.5 Å². The smallest absolute Gasteiger partial charge is 0.295 e. The quantitative estimate of drug-likeness (QED) is 0.355. The fourth-order valence-corrected chi connectivity index (χ4v) is 4.81. The lowest BCUT2D eigenvalue weighted by atomic mass is 9.91. The second-order valence-corrected chi connectivity index (χ2v) is 8.65. The van der Waals surface area contributed by atoms with E-state index in [2.05, 4.69) is 0 Å². The van der Waals surface area contributed by atoms with Gasteiger partial charge in [0.2, 0.25) is 0 Å². The van der Waals surface area contributed by atoms with Crippen LogP contribution in [0.1, 0.15) is 62.6 Å². The Morgan fingerprint density at radius 1 is 1.03 bits per heavy atom. The molecule has 174 valence electrons. The van der Waals surface area contributed by atoms with Crippen molar-refractivity contribution >= 4 is 17.4 Å². The van der Waals surface area contributed by atoms with Crippen LogP contribution in [0, 0.1) is 0 Å². The molecule has 1 amide bonds. The number of benzene rings is 2. The van der Waals surface area contributed by atoms with E-state index < -0.39 is 17.7 Å². The zero-order valence-electron chi connectivity index (χ0n) is 19.3. The average molecular weight is 450 g/mol. The minimum Gasteiger partial charge on any atom is -0.507 e. The van der Waals surface area contributed by atoms with Crippen molar-refractivity contribution in [2.24, 2.45) is 0 Å². The predicted molar refractivity (Wildman–Crippen MR) is 126 cm³/mol. The Morgan fingerprint density at radius 3 is 2.42 bits per heavy atom. The average Bonchev–Trinajstić information content (AvgIpc) is 3.13. The first-order valence-electron chi connectivity index (χ1n) is 11.7. The molecule has 1 unspecified atom stereocenters. The summed E-state index contributed by atoms with van der Waals surface area (Å²) in [5, 5.41) is 11.3. The Bertz CT molecular complexity index is 1040. The van der Waals surface area contributed by atoms with Crippen LogP contribution in [-0.4, -0.2) is 41.5 Å². The number of carbonyl (C=O) groups excluding carboxylic acids is 2. The standard InChI is InChI=1S/C27H31NO5/c1-3-16-33-22-11-7-8-19(17-22)25(29)23-24(18-12-14-21(32-2)15-13-18)28(27(31)26(23)30)20-9-5-4-6-10-20/h7-8,11-15,17,20,24,29H,3-6,9-10,16H2,1-2H3/b25-23-. The molecular weight excluding hydrogens is 418 g/mol. The van der Waals surface area contributed by atoms with Gasteiger partial charge in [-0.15, -0.1) is 0 Å². The van der Waals surface area contributed by atoms with Crippen molar-refractivity contribution in [3.8, 4) is 11.5 Å². The van der Waals surface area contributed by atoms with Gasteiger partial charge in [-0.1, -0.05) is 50.5 Å². The molecule has 6 nitrogen and oxygen atoms in total. The van der Waals surface area contributed by atoms with Gasteiger partial charge in [0.25, 0.3) is 11.7 Å². The first kappa shape index (κ1) is 22.9. The number of carbonyl (C=O) groups is 2. The number of nitrogens with zero attached hydrogens (tertiary/aromatic N) is 1. The molecule has 6 heteroatoms. The molecule has 2 fully saturated rings. The minimum atomic E-state index is -0.640. The van der Waals surface area contributed by atoms with Crippen LogP contribution >= 0.6 is 0 Å². The molecule has 2 aromatic carbocycles. The summed E-state index contributed by atoms with van der Waals surface area (Å²) in [6.45, 7) is 2.58. The summed E-state index contributed by atoms with van der Waals surface area (Å²) in [4.78, 5) is 28.2. The molecule has 1 saturated heterocycles. The predicted octanol–water partition coefficient (Wildman–Crippen LogP) is 5.24. The van der Waals surface area contributed by atoms with Crippen LogP contribution in [0.3, 0.4) is 0 Å². The zero-order chi connectivity index (χ0) is 23.4. The minimum absolute atomic E-state index is 0.0215. The molecule has 0 spiro atoms. The SMILES string of the molecule is CCCOc1cccc(/C(O)=C2/C(=O)C(=O)N(C3CCCCC3)C2c2ccc(OC)cc2)c1. The van der Waals surface area contributed by atoms with Gasteiger partial charge in [0.15, 0.2) is 0 Å². The van der Waals surface area contributed by atoms with Gasteiger partial charge < -0.3 is 19.5 Å². The van der Waals surface area contributed by atoms with Crippen molar-refractivity contribution < 1.29 is 24.2 Å². The van der Waals surface area contributed by atoms with Crippen LogP contribution in [0.4, 0.5) is 0 Å². The maximum absolute atomic E-state index is 13.3. The number of Topliss-reactive ketones (excluding diaryl/α,β-unsaturated/α-hetero) is 1. The molecule has 1 saturated carbocycles. The van der Waals surface area contributed by atoms with E-state index in [9.17, 15) is 14.7 Å². The van der Waals surface area contributed by atoms with Crippen LogP contribution in [0.5, 0.6) is 11.5 Å². The van der Waals surface area contributed by atoms with Crippen LogP contribution in [0.25, 0.3) is 5.76 Å². The molecule has 1 aliphatic carbocycles. The van der Waals surface area contributed by atoms with E-state index in [0.29, 0.717) is 23.7 Å². The lowest BCUT2D eigenvalue weighted by Crippen LogP contribution is -2.40. The number of aliphatic hydroxyl groups excluding tert-OH is 1. The third kappa shape index (κ3) is 4.61. The molecule has 0 bridgehead atoms. The van der Waals surface area contributed by atoms with Crippen LogP contribution in [0.15, 0.2) is 54.1 Å². The number of methoxy groups -OCH3 is 1. The Morgan fingerprint density at radius 2 is 1.76 bits per heavy atom. The number of hydrogen-bond donors (Lipinski definition) is 1. The van der Waals surface area contributed by atoms with Gasteiger partial charge in [0, 0.05) is 11.6 Å². The largest absolute Gasteiger partial charge is 0.507 e. The Labute approximate surface area is 194 Å². The van der Waals surface area contributed by atoms with E-state index in [1.165, 1.54) is 0 Å². The summed E-state index contributed by atoms with van der Waals surface area (Å²) in [7, 11) is 1.59. The van der Waals surface area contributed by atoms with Crippen LogP contribution < -0.4 is 9.47 Å². The summed E-state index contributed by atoms with van der Waals surface area (Å²) in [5.41, 5.74) is 1.37. The Hall–Kier alpha value is -3.28. The van der Waals surface area contributed by atoms with Gasteiger partial charge in [0.1, 0.15) is 17.3 Å². The fraction of sp³-hybridized carbons (Fsp3) is 0.407. The lowest BCUT2D eigenvalue weighted by Gasteiger charge is -2.35. The number of aliphatic hydroxyl groups is 1. The Kier molecular flexibility index (Phi) is 7.02. The molecule has 1 aliphatic heterocycles. The highest BCUT2D eigenvalue weighted by atomic mass is 16.5. The number of ketones is 1. The number of hydrogen-bond acceptors (Lipinski definition) is 5. The lowest BCUT2D eigenvalue weighted by molar-refractivity contribution is -0.141. The number of rotatable bonds is 7. The molecule has 1 heterocycles. The van der Waals surface area contributed by atoms with E-state index in [-0.39, 0.29) is 17.4 Å². The summed E-state index contributed by atoms with van der Waals surface area (Å²) in [6, 6.07) is 13.7. The van der Waals surface area contributed by atoms with Crippen molar-refractivity contribution in [2.75, 3.05) is 13.7 Å². The normalized spacial score (nSPS) is 20.8. The molecule has 0 aromatic heterocycles. The maximum atomic E-state index is 13.3. The summed E-state index contributed by atoms with van der Waals surface area (Å²) in [6.07, 6.45) is 5.78. The van der Waals surface area contributed by atoms with Crippen molar-refractivity contribution in [1.29, 1.82) is 0 Å². The van der Waals surface area contributed by atoms with Crippen molar-refractivity contribution in [3.63, 3.8) is 0 Å². The van der Waals surface area contributed by atoms with Crippen molar-refractivity contribution in [3.05, 3.63) is 65.2 Å². The monoisotopic (exact) mass is 449 g/mol. The number of likely N-dealkylation sites (tertiary alicyclic amines) is 1. The second-order valence-electron chi connectivity index (χ2n) is 8.65. The van der Waals surface area contributed by atoms with Gasteiger partial charge >= 0.3 is 0 Å². The van der Waals surface area contributed by atoms with Gasteiger partial charge in [-0.2, -0.15) is 0 Å². The Balaban J connectivity index is 1.81. The molecular formula is C27H31NO5. The number of ether oxygens (including phenoxy) is 2. The topological polar surface area (TPSA) is 76.1 Å². The fourth-order valence-electron chi connectivity index (χ4n) is 4.81. The third-order valence-electron chi connectivity index (χ3n) is 6.46. The summed E-state index contributed by atoms with van der Waals surface area (Å²) in [5.74, 6) is -0.0478. The number of amides is 1. The summed E-state index contributed by atoms with van der Waals surface area (Å²) < 4.78 is 11.0. The van der Waals surface area contributed by atoms with Crippen molar-refractivity contribution in [1.82, 2.24) is 4.90 Å². The molecule has 4 rings (SSSR count). The molecule has 1 atom stereocenters. The van der Waals surface area contributed by atoms with Gasteiger partial charge in [0.05, 0.1) is 25.3 Å². The van der Waals surface area contributed by atoms with Gasteiger partial charge in [-0.05, 0) is 49.1 Å². The highest BCUT2D eigenvalue weighted by Crippen LogP contribution is 2.43. The maximum Gasteiger partial charge on any atom is 0.295 e. The molecule has 2 aliphatic rings. The first-order chi connectivity index (χ1) is 16.0. The molecule has 33 heavy (non-hydrogen) atoms. The highest BCUT2D eigenvalue weighted by Gasteiger charge is 2.48. The molecule has 2 aromatic rings. The van der Waals surface area contributed by atoms with E-state index in [1.807, 2.05) is 37.3 Å². The summed E-state index contributed by atoms with van der Waals surface area (Å²) >= 11 is 0. The van der Waals surface area contributed by atoms with E-state index in [0.717, 1.165) is 44.1 Å². The van der Waals surface area contributed by atoms with E-state index in [1.54, 1.807) is 30.2 Å². The van der Waals surface area contributed by atoms with E-state index in [4.69, 9.17) is 9.47 Å². The van der Waals surface area contributed by atoms with Gasteiger partial charge in [-0.3, -0.25) is 9.59 Å². The second kappa shape index (κ2) is 10.1. The zero-order valence-corrected chi connectivity index (χ0v) is 19.3. The third-order valence-corrected chi connectivity index (χ3v) is 6.46. The van der Waals surface area contributed by atoms with Crippen LogP contribution in [-0.2, 0) is 9.59 Å². The molecule has 0 radical (unpaired) electrons. The van der Waals surface area contributed by atoms with Crippen LogP contribution in [0.2, 0.25) is 0 Å². The first-order valence-corrected chi connectivity index (χ1v) is 11.7. The molecule has 1 N–H and O–H groups in total.